The number of nitriles is 1. The van der Waals surface area contributed by atoms with E-state index < -0.39 is 11.2 Å². The molecule has 0 fully saturated rings. The van der Waals surface area contributed by atoms with Crippen molar-refractivity contribution in [3.05, 3.63) is 30.3 Å². The lowest BCUT2D eigenvalue weighted by Crippen LogP contribution is -2.23. The van der Waals surface area contributed by atoms with Gasteiger partial charge in [0.05, 0.1) is 6.07 Å². The van der Waals surface area contributed by atoms with Crippen LogP contribution in [-0.4, -0.2) is 11.2 Å². The van der Waals surface area contributed by atoms with Gasteiger partial charge < -0.3 is 5.73 Å². The van der Waals surface area contributed by atoms with Gasteiger partial charge >= 0.3 is 0 Å². The van der Waals surface area contributed by atoms with Gasteiger partial charge in [-0.05, 0) is 12.1 Å². The molecule has 66 valence electrons. The normalized spacial score (nSPS) is 11.6. The van der Waals surface area contributed by atoms with Crippen molar-refractivity contribution in [1.29, 1.82) is 5.26 Å². The molecular weight excluding hydrogens is 184 g/mol. The van der Waals surface area contributed by atoms with E-state index in [9.17, 15) is 4.79 Å². The maximum absolute atomic E-state index is 10.7. The monoisotopic (exact) mass is 192 g/mol. The third-order valence-corrected chi connectivity index (χ3v) is 2.49. The summed E-state index contributed by atoms with van der Waals surface area (Å²) in [6, 6.07) is 11.1. The van der Waals surface area contributed by atoms with Gasteiger partial charge in [-0.2, -0.15) is 5.26 Å². The van der Waals surface area contributed by atoms with Crippen LogP contribution in [0.25, 0.3) is 0 Å². The van der Waals surface area contributed by atoms with Crippen LogP contribution in [0, 0.1) is 11.3 Å². The minimum atomic E-state index is -0.803. The van der Waals surface area contributed by atoms with Crippen LogP contribution in [0.1, 0.15) is 0 Å². The van der Waals surface area contributed by atoms with E-state index in [2.05, 4.69) is 0 Å². The van der Waals surface area contributed by atoms with E-state index in [0.717, 1.165) is 16.7 Å². The minimum Gasteiger partial charge on any atom is -0.368 e. The molecule has 0 heterocycles. The fraction of sp³-hybridized carbons (Fsp3) is 0.111. The Hall–Kier alpha value is -1.47. The van der Waals surface area contributed by atoms with Crippen molar-refractivity contribution in [3.8, 4) is 6.07 Å². The molecule has 1 aromatic rings. The summed E-state index contributed by atoms with van der Waals surface area (Å²) in [5, 5.41) is 7.78. The van der Waals surface area contributed by atoms with Gasteiger partial charge in [-0.25, -0.2) is 0 Å². The number of thioether (sulfide) groups is 1. The highest BCUT2D eigenvalue weighted by Gasteiger charge is 2.14. The molecule has 1 aromatic carbocycles. The number of hydrogen-bond donors (Lipinski definition) is 1. The molecule has 0 aromatic heterocycles. The van der Waals surface area contributed by atoms with Crippen molar-refractivity contribution in [2.75, 3.05) is 0 Å². The Morgan fingerprint density at radius 2 is 2.08 bits per heavy atom. The first-order valence-electron chi connectivity index (χ1n) is 3.64. The van der Waals surface area contributed by atoms with E-state index in [0.29, 0.717) is 0 Å². The van der Waals surface area contributed by atoms with Gasteiger partial charge in [0.25, 0.3) is 0 Å². The van der Waals surface area contributed by atoms with E-state index in [-0.39, 0.29) is 0 Å². The Morgan fingerprint density at radius 3 is 2.54 bits per heavy atom. The standard InChI is InChI=1S/C9H8N2OS/c10-6-8(9(11)12)13-7-4-2-1-3-5-7/h1-5,8H,(H2,11,12). The lowest BCUT2D eigenvalue weighted by molar-refractivity contribution is -0.116. The predicted octanol–water partition coefficient (Wildman–Crippen LogP) is 1.16. The van der Waals surface area contributed by atoms with Crippen molar-refractivity contribution in [3.63, 3.8) is 0 Å². The Bertz CT molecular complexity index is 331. The SMILES string of the molecule is N#CC(Sc1ccccc1)C(N)=O. The number of nitrogens with zero attached hydrogens (tertiary/aromatic N) is 1. The maximum Gasteiger partial charge on any atom is 0.245 e. The quantitative estimate of drug-likeness (QED) is 0.730. The highest BCUT2D eigenvalue weighted by molar-refractivity contribution is 8.00. The third-order valence-electron chi connectivity index (χ3n) is 1.37. The van der Waals surface area contributed by atoms with Gasteiger partial charge in [0.15, 0.2) is 5.25 Å². The Kier molecular flexibility index (Phi) is 3.35. The van der Waals surface area contributed by atoms with Crippen LogP contribution in [0.5, 0.6) is 0 Å². The average Bonchev–Trinajstić information content (AvgIpc) is 2.15. The molecular formula is C9H8N2OS. The summed E-state index contributed by atoms with van der Waals surface area (Å²) in [6.45, 7) is 0. The van der Waals surface area contributed by atoms with E-state index in [1.54, 1.807) is 0 Å². The van der Waals surface area contributed by atoms with Crippen molar-refractivity contribution in [2.45, 2.75) is 10.1 Å². The van der Waals surface area contributed by atoms with Crippen molar-refractivity contribution in [1.82, 2.24) is 0 Å². The van der Waals surface area contributed by atoms with Crippen LogP contribution in [0.2, 0.25) is 0 Å². The van der Waals surface area contributed by atoms with E-state index in [1.807, 2.05) is 36.4 Å². The van der Waals surface area contributed by atoms with Crippen LogP contribution in [0.4, 0.5) is 0 Å². The van der Waals surface area contributed by atoms with Gasteiger partial charge in [-0.3, -0.25) is 4.79 Å². The molecule has 1 unspecified atom stereocenters. The second-order valence-electron chi connectivity index (χ2n) is 2.34. The predicted molar refractivity (Wildman–Crippen MR) is 50.9 cm³/mol. The second-order valence-corrected chi connectivity index (χ2v) is 3.52. The molecule has 4 heteroatoms. The van der Waals surface area contributed by atoms with Crippen LogP contribution in [0.15, 0.2) is 35.2 Å². The van der Waals surface area contributed by atoms with Gasteiger partial charge in [0.1, 0.15) is 0 Å². The summed E-state index contributed by atoms with van der Waals surface area (Å²) in [6.07, 6.45) is 0. The highest BCUT2D eigenvalue weighted by atomic mass is 32.2. The molecule has 0 aliphatic heterocycles. The first-order valence-corrected chi connectivity index (χ1v) is 4.52. The third kappa shape index (κ3) is 2.80. The molecule has 3 nitrogen and oxygen atoms in total. The zero-order valence-corrected chi connectivity index (χ0v) is 7.62. The fourth-order valence-corrected chi connectivity index (χ4v) is 1.54. The molecule has 1 rings (SSSR count). The van der Waals surface area contributed by atoms with E-state index >= 15 is 0 Å². The second kappa shape index (κ2) is 4.53. The lowest BCUT2D eigenvalue weighted by atomic mass is 10.4. The summed E-state index contributed by atoms with van der Waals surface area (Å²) >= 11 is 1.16. The highest BCUT2D eigenvalue weighted by Crippen LogP contribution is 2.21. The number of carbonyl (C=O) groups is 1. The summed E-state index contributed by atoms with van der Waals surface area (Å²) in [7, 11) is 0. The minimum absolute atomic E-state index is 0.601. The molecule has 13 heavy (non-hydrogen) atoms. The van der Waals surface area contributed by atoms with Gasteiger partial charge in [-0.1, -0.05) is 30.0 Å². The number of carbonyl (C=O) groups excluding carboxylic acids is 1. The molecule has 0 aliphatic carbocycles. The number of primary amides is 1. The molecule has 1 atom stereocenters. The summed E-state index contributed by atoms with van der Waals surface area (Å²) in [5.74, 6) is -0.601. The Balaban J connectivity index is 2.69. The number of rotatable bonds is 3. The zero-order chi connectivity index (χ0) is 9.68. The Morgan fingerprint density at radius 1 is 1.46 bits per heavy atom. The van der Waals surface area contributed by atoms with Crippen LogP contribution in [0.3, 0.4) is 0 Å². The maximum atomic E-state index is 10.7. The van der Waals surface area contributed by atoms with Crippen LogP contribution < -0.4 is 5.73 Å². The molecule has 0 aliphatic rings. The van der Waals surface area contributed by atoms with E-state index in [1.165, 1.54) is 0 Å². The average molecular weight is 192 g/mol. The lowest BCUT2D eigenvalue weighted by Gasteiger charge is -2.03. The van der Waals surface area contributed by atoms with Gasteiger partial charge in [0.2, 0.25) is 5.91 Å². The summed E-state index contributed by atoms with van der Waals surface area (Å²) in [4.78, 5) is 11.6. The fourth-order valence-electron chi connectivity index (χ4n) is 0.783. The molecule has 0 bridgehead atoms. The summed E-state index contributed by atoms with van der Waals surface area (Å²) < 4.78 is 0. The van der Waals surface area contributed by atoms with Gasteiger partial charge in [-0.15, -0.1) is 0 Å². The van der Waals surface area contributed by atoms with Gasteiger partial charge in [0, 0.05) is 4.90 Å². The van der Waals surface area contributed by atoms with Crippen LogP contribution in [-0.2, 0) is 4.79 Å². The topological polar surface area (TPSA) is 66.9 Å². The summed E-state index contributed by atoms with van der Waals surface area (Å²) in [5.41, 5.74) is 5.01. The van der Waals surface area contributed by atoms with Crippen molar-refractivity contribution in [2.24, 2.45) is 5.73 Å². The molecule has 0 radical (unpaired) electrons. The molecule has 1 amide bonds. The molecule has 0 saturated carbocycles. The van der Waals surface area contributed by atoms with Crippen molar-refractivity contribution >= 4 is 17.7 Å². The number of hydrogen-bond acceptors (Lipinski definition) is 3. The van der Waals surface area contributed by atoms with Crippen LogP contribution >= 0.6 is 11.8 Å². The zero-order valence-electron chi connectivity index (χ0n) is 6.81. The number of nitrogens with two attached hydrogens (primary N) is 1. The molecule has 0 spiro atoms. The van der Waals surface area contributed by atoms with E-state index in [4.69, 9.17) is 11.0 Å². The smallest absolute Gasteiger partial charge is 0.245 e. The first-order chi connectivity index (χ1) is 6.24. The van der Waals surface area contributed by atoms with Crippen molar-refractivity contribution < 1.29 is 4.79 Å². The molecule has 2 N–H and O–H groups in total. The number of amides is 1. The largest absolute Gasteiger partial charge is 0.368 e. The number of benzene rings is 1. The Labute approximate surface area is 80.5 Å². The molecule has 0 saturated heterocycles. The first kappa shape index (κ1) is 9.62.